The lowest BCUT2D eigenvalue weighted by molar-refractivity contribution is 0.120. The first-order valence-corrected chi connectivity index (χ1v) is 9.26. The van der Waals surface area contributed by atoms with E-state index in [9.17, 15) is 8.42 Å². The highest BCUT2D eigenvalue weighted by Gasteiger charge is 2.23. The van der Waals surface area contributed by atoms with Crippen LogP contribution in [-0.2, 0) is 10.0 Å². The number of rotatable bonds is 5. The Labute approximate surface area is 137 Å². The molecule has 1 N–H and O–H groups in total. The van der Waals surface area contributed by atoms with E-state index in [1.165, 1.54) is 12.1 Å². The fourth-order valence-corrected chi connectivity index (χ4v) is 3.89. The zero-order valence-electron chi connectivity index (χ0n) is 13.5. The van der Waals surface area contributed by atoms with Crippen molar-refractivity contribution >= 4 is 10.0 Å². The molecule has 2 aliphatic heterocycles. The highest BCUT2D eigenvalue weighted by Crippen LogP contribution is 2.33. The molecule has 0 spiro atoms. The fraction of sp³-hybridized carbons (Fsp3) is 0.600. The maximum absolute atomic E-state index is 12.4. The monoisotopic (exact) mass is 341 g/mol. The van der Waals surface area contributed by atoms with Crippen LogP contribution in [0.15, 0.2) is 23.1 Å². The van der Waals surface area contributed by atoms with Gasteiger partial charge in [-0.15, -0.1) is 0 Å². The Hall–Kier alpha value is -1.35. The number of fused-ring (bicyclic) bond motifs is 1. The highest BCUT2D eigenvalue weighted by atomic mass is 32.2. The van der Waals surface area contributed by atoms with Crippen LogP contribution < -0.4 is 14.2 Å². The third-order valence-corrected chi connectivity index (χ3v) is 5.81. The summed E-state index contributed by atoms with van der Waals surface area (Å²) in [5, 5.41) is 0. The number of sulfonamides is 1. The van der Waals surface area contributed by atoms with Gasteiger partial charge in [0, 0.05) is 44.8 Å². The molecule has 7 nitrogen and oxygen atoms in total. The van der Waals surface area contributed by atoms with E-state index in [1.54, 1.807) is 6.07 Å². The molecule has 1 unspecified atom stereocenters. The van der Waals surface area contributed by atoms with Crippen LogP contribution in [0.4, 0.5) is 0 Å². The Morgan fingerprint density at radius 2 is 1.87 bits per heavy atom. The molecule has 23 heavy (non-hydrogen) atoms. The first-order chi connectivity index (χ1) is 11.0. The topological polar surface area (TPSA) is 71.1 Å². The number of likely N-dealkylation sites (N-methyl/N-ethyl adjacent to an activating group) is 1. The van der Waals surface area contributed by atoms with Crippen LogP contribution in [0, 0.1) is 0 Å². The van der Waals surface area contributed by atoms with E-state index in [0.29, 0.717) is 18.0 Å². The molecule has 0 amide bonds. The van der Waals surface area contributed by atoms with Gasteiger partial charge in [0.1, 0.15) is 0 Å². The minimum Gasteiger partial charge on any atom is -0.454 e. The molecule has 0 saturated carbocycles. The molecule has 3 rings (SSSR count). The normalized spacial score (nSPS) is 20.6. The molecule has 1 saturated heterocycles. The summed E-state index contributed by atoms with van der Waals surface area (Å²) in [6.45, 7) is 6.52. The van der Waals surface area contributed by atoms with E-state index >= 15 is 0 Å². The van der Waals surface area contributed by atoms with Crippen molar-refractivity contribution in [2.75, 3.05) is 46.6 Å². The Balaban J connectivity index is 1.60. The quantitative estimate of drug-likeness (QED) is 0.832. The van der Waals surface area contributed by atoms with Gasteiger partial charge in [0.25, 0.3) is 0 Å². The van der Waals surface area contributed by atoms with E-state index in [0.717, 1.165) is 26.2 Å². The first kappa shape index (κ1) is 16.5. The van der Waals surface area contributed by atoms with Crippen molar-refractivity contribution in [1.82, 2.24) is 14.5 Å². The average Bonchev–Trinajstić information content (AvgIpc) is 3.01. The van der Waals surface area contributed by atoms with Crippen LogP contribution in [0.1, 0.15) is 6.92 Å². The van der Waals surface area contributed by atoms with E-state index in [2.05, 4.69) is 21.6 Å². The summed E-state index contributed by atoms with van der Waals surface area (Å²) in [5.74, 6) is 1.05. The van der Waals surface area contributed by atoms with Crippen molar-refractivity contribution < 1.29 is 17.9 Å². The van der Waals surface area contributed by atoms with Crippen molar-refractivity contribution in [3.05, 3.63) is 18.2 Å². The molecule has 1 aromatic carbocycles. The smallest absolute Gasteiger partial charge is 0.240 e. The lowest BCUT2D eigenvalue weighted by Crippen LogP contribution is -2.51. The highest BCUT2D eigenvalue weighted by molar-refractivity contribution is 7.89. The second-order valence-corrected chi connectivity index (χ2v) is 7.82. The average molecular weight is 341 g/mol. The summed E-state index contributed by atoms with van der Waals surface area (Å²) in [5.41, 5.74) is 0. The van der Waals surface area contributed by atoms with Gasteiger partial charge in [-0.2, -0.15) is 0 Å². The number of nitrogens with zero attached hydrogens (tertiary/aromatic N) is 2. The summed E-state index contributed by atoms with van der Waals surface area (Å²) in [6, 6.07) is 4.83. The van der Waals surface area contributed by atoms with Crippen molar-refractivity contribution in [3.63, 3.8) is 0 Å². The van der Waals surface area contributed by atoms with Gasteiger partial charge in [0.05, 0.1) is 4.90 Å². The van der Waals surface area contributed by atoms with Crippen LogP contribution >= 0.6 is 0 Å². The lowest BCUT2D eigenvalue weighted by atomic mass is 10.2. The third kappa shape index (κ3) is 3.77. The number of hydrogen-bond donors (Lipinski definition) is 1. The van der Waals surface area contributed by atoms with Gasteiger partial charge in [-0.05, 0) is 26.1 Å². The Kier molecular flexibility index (Phi) is 4.77. The standard InChI is InChI=1S/C15H23N3O4S/c1-12(18-7-5-17(2)6-8-18)10-16-23(19,20)13-3-4-14-15(9-13)22-11-21-14/h3-4,9,12,16H,5-8,10-11H2,1-2H3. The second kappa shape index (κ2) is 6.64. The molecule has 8 heteroatoms. The van der Waals surface area contributed by atoms with Crippen LogP contribution in [-0.4, -0.2) is 70.8 Å². The molecule has 0 radical (unpaired) electrons. The van der Waals surface area contributed by atoms with E-state index < -0.39 is 10.0 Å². The van der Waals surface area contributed by atoms with Crippen molar-refractivity contribution in [1.29, 1.82) is 0 Å². The minimum absolute atomic E-state index is 0.132. The number of ether oxygens (including phenoxy) is 2. The Bertz CT molecular complexity index is 657. The van der Waals surface area contributed by atoms with Gasteiger partial charge in [0.2, 0.25) is 16.8 Å². The van der Waals surface area contributed by atoms with E-state index in [1.807, 2.05) is 6.92 Å². The molecule has 0 aliphatic carbocycles. The zero-order chi connectivity index (χ0) is 16.4. The molecule has 1 aromatic rings. The maximum Gasteiger partial charge on any atom is 0.240 e. The molecular formula is C15H23N3O4S. The number of piperazine rings is 1. The second-order valence-electron chi connectivity index (χ2n) is 6.06. The number of benzene rings is 1. The van der Waals surface area contributed by atoms with Gasteiger partial charge >= 0.3 is 0 Å². The summed E-state index contributed by atoms with van der Waals surface area (Å²) >= 11 is 0. The zero-order valence-corrected chi connectivity index (χ0v) is 14.3. The molecule has 2 heterocycles. The van der Waals surface area contributed by atoms with Gasteiger partial charge in [-0.3, -0.25) is 4.90 Å². The largest absolute Gasteiger partial charge is 0.454 e. The summed E-state index contributed by atoms with van der Waals surface area (Å²) in [6.07, 6.45) is 0. The lowest BCUT2D eigenvalue weighted by Gasteiger charge is -2.36. The molecule has 1 fully saturated rings. The van der Waals surface area contributed by atoms with Crippen LogP contribution in [0.2, 0.25) is 0 Å². The predicted octanol–water partition coefficient (Wildman–Crippen LogP) is 0.330. The summed E-state index contributed by atoms with van der Waals surface area (Å²) in [7, 11) is -1.45. The van der Waals surface area contributed by atoms with Crippen LogP contribution in [0.3, 0.4) is 0 Å². The SMILES string of the molecule is CC(CNS(=O)(=O)c1ccc2c(c1)OCO2)N1CCN(C)CC1. The Morgan fingerprint density at radius 1 is 1.17 bits per heavy atom. The van der Waals surface area contributed by atoms with Gasteiger partial charge in [-0.1, -0.05) is 0 Å². The van der Waals surface area contributed by atoms with Crippen LogP contribution in [0.25, 0.3) is 0 Å². The summed E-state index contributed by atoms with van der Waals surface area (Å²) < 4.78 is 38.0. The van der Waals surface area contributed by atoms with E-state index in [4.69, 9.17) is 9.47 Å². The van der Waals surface area contributed by atoms with E-state index in [-0.39, 0.29) is 17.7 Å². The number of hydrogen-bond acceptors (Lipinski definition) is 6. The van der Waals surface area contributed by atoms with Gasteiger partial charge < -0.3 is 14.4 Å². The molecule has 0 aromatic heterocycles. The third-order valence-electron chi connectivity index (χ3n) is 4.38. The molecular weight excluding hydrogens is 318 g/mol. The van der Waals surface area contributed by atoms with Gasteiger partial charge in [-0.25, -0.2) is 13.1 Å². The Morgan fingerprint density at radius 3 is 2.61 bits per heavy atom. The minimum atomic E-state index is -3.55. The molecule has 1 atom stereocenters. The molecule has 128 valence electrons. The fourth-order valence-electron chi connectivity index (χ4n) is 2.75. The van der Waals surface area contributed by atoms with Crippen molar-refractivity contribution in [2.24, 2.45) is 0 Å². The van der Waals surface area contributed by atoms with Crippen LogP contribution in [0.5, 0.6) is 11.5 Å². The predicted molar refractivity (Wildman–Crippen MR) is 86.3 cm³/mol. The van der Waals surface area contributed by atoms with Crippen molar-refractivity contribution in [3.8, 4) is 11.5 Å². The number of nitrogens with one attached hydrogen (secondary N) is 1. The van der Waals surface area contributed by atoms with Gasteiger partial charge in [0.15, 0.2) is 11.5 Å². The molecule has 2 aliphatic rings. The summed E-state index contributed by atoms with van der Waals surface area (Å²) in [4.78, 5) is 4.79. The van der Waals surface area contributed by atoms with Crippen molar-refractivity contribution in [2.45, 2.75) is 17.9 Å². The maximum atomic E-state index is 12.4. The first-order valence-electron chi connectivity index (χ1n) is 7.77. The molecule has 0 bridgehead atoms.